The predicted octanol–water partition coefficient (Wildman–Crippen LogP) is 5.06. The summed E-state index contributed by atoms with van der Waals surface area (Å²) in [6, 6.07) is 16.2. The molecule has 0 amide bonds. The standard InChI is InChI=1S/C29H31N5O3/c1-19-10-12-22-20(11-13-26(35)36-2)6-3-8-23(22)27(19)37-28-24(9-5-16-31-28)25-14-17-32-29(34-25)33-21-7-4-15-30-18-21/h3,5-6,8-10,12,14,16-17,21,30H,4,7,11,13,15,18H2,1-2H3,(H,32,33,34)/t21-/m0/s1. The van der Waals surface area contributed by atoms with E-state index >= 15 is 0 Å². The number of hydrogen-bond donors (Lipinski definition) is 2. The van der Waals surface area contributed by atoms with E-state index in [1.165, 1.54) is 7.11 Å². The van der Waals surface area contributed by atoms with Crippen LogP contribution in [0.5, 0.6) is 11.6 Å². The van der Waals surface area contributed by atoms with Gasteiger partial charge in [-0.25, -0.2) is 15.0 Å². The van der Waals surface area contributed by atoms with Gasteiger partial charge in [-0.1, -0.05) is 30.3 Å². The number of methoxy groups -OCH3 is 1. The van der Waals surface area contributed by atoms with Crippen molar-refractivity contribution in [2.45, 2.75) is 38.6 Å². The highest BCUT2D eigenvalue weighted by molar-refractivity contribution is 5.92. The van der Waals surface area contributed by atoms with Gasteiger partial charge in [-0.15, -0.1) is 0 Å². The highest BCUT2D eigenvalue weighted by Gasteiger charge is 2.17. The molecule has 190 valence electrons. The molecule has 0 unspecified atom stereocenters. The Bertz CT molecular complexity index is 1400. The first-order valence-corrected chi connectivity index (χ1v) is 12.6. The molecule has 2 aromatic heterocycles. The summed E-state index contributed by atoms with van der Waals surface area (Å²) in [5.74, 6) is 1.58. The van der Waals surface area contributed by atoms with Crippen molar-refractivity contribution in [3.05, 3.63) is 72.1 Å². The minimum Gasteiger partial charge on any atom is -0.469 e. The first-order valence-electron chi connectivity index (χ1n) is 12.6. The quantitative estimate of drug-likeness (QED) is 0.326. The van der Waals surface area contributed by atoms with Crippen LogP contribution >= 0.6 is 0 Å². The van der Waals surface area contributed by atoms with Gasteiger partial charge >= 0.3 is 5.97 Å². The number of nitrogens with one attached hydrogen (secondary N) is 2. The number of benzene rings is 2. The number of aryl methyl sites for hydroxylation is 2. The Hall–Kier alpha value is -4.04. The van der Waals surface area contributed by atoms with Crippen molar-refractivity contribution in [2.24, 2.45) is 0 Å². The van der Waals surface area contributed by atoms with Crippen LogP contribution in [0.1, 0.15) is 30.4 Å². The van der Waals surface area contributed by atoms with E-state index in [4.69, 9.17) is 14.5 Å². The van der Waals surface area contributed by atoms with Gasteiger partial charge in [0.2, 0.25) is 11.8 Å². The maximum absolute atomic E-state index is 11.7. The lowest BCUT2D eigenvalue weighted by molar-refractivity contribution is -0.140. The van der Waals surface area contributed by atoms with Crippen LogP contribution in [-0.2, 0) is 16.0 Å². The second-order valence-corrected chi connectivity index (χ2v) is 9.21. The number of fused-ring (bicyclic) bond motifs is 1. The van der Waals surface area contributed by atoms with Gasteiger partial charge in [-0.3, -0.25) is 4.79 Å². The summed E-state index contributed by atoms with van der Waals surface area (Å²) in [7, 11) is 1.41. The third-order valence-electron chi connectivity index (χ3n) is 6.66. The zero-order valence-electron chi connectivity index (χ0n) is 21.2. The fourth-order valence-electron chi connectivity index (χ4n) is 4.70. The number of pyridine rings is 1. The van der Waals surface area contributed by atoms with Crippen molar-refractivity contribution >= 4 is 22.7 Å². The molecule has 0 radical (unpaired) electrons. The van der Waals surface area contributed by atoms with Crippen molar-refractivity contribution in [3.8, 4) is 22.9 Å². The minimum absolute atomic E-state index is 0.225. The van der Waals surface area contributed by atoms with Crippen LogP contribution in [0.25, 0.3) is 22.0 Å². The average Bonchev–Trinajstić information content (AvgIpc) is 2.94. The van der Waals surface area contributed by atoms with Crippen LogP contribution in [0.4, 0.5) is 5.95 Å². The van der Waals surface area contributed by atoms with Gasteiger partial charge in [0.25, 0.3) is 0 Å². The van der Waals surface area contributed by atoms with Gasteiger partial charge in [-0.05, 0) is 67.4 Å². The molecular weight excluding hydrogens is 466 g/mol. The molecule has 5 rings (SSSR count). The van der Waals surface area contributed by atoms with Crippen molar-refractivity contribution in [2.75, 3.05) is 25.5 Å². The molecule has 3 heterocycles. The predicted molar refractivity (Wildman–Crippen MR) is 144 cm³/mol. The number of ether oxygens (including phenoxy) is 2. The van der Waals surface area contributed by atoms with E-state index < -0.39 is 0 Å². The van der Waals surface area contributed by atoms with Gasteiger partial charge in [0.15, 0.2) is 0 Å². The normalized spacial score (nSPS) is 15.4. The number of esters is 1. The van der Waals surface area contributed by atoms with Crippen molar-refractivity contribution in [1.29, 1.82) is 0 Å². The minimum atomic E-state index is -0.225. The molecule has 1 fully saturated rings. The smallest absolute Gasteiger partial charge is 0.305 e. The van der Waals surface area contributed by atoms with Crippen LogP contribution in [0.2, 0.25) is 0 Å². The van der Waals surface area contributed by atoms with Crippen LogP contribution in [0, 0.1) is 6.92 Å². The van der Waals surface area contributed by atoms with Gasteiger partial charge in [0, 0.05) is 36.8 Å². The summed E-state index contributed by atoms with van der Waals surface area (Å²) >= 11 is 0. The average molecular weight is 498 g/mol. The molecule has 0 spiro atoms. The lowest BCUT2D eigenvalue weighted by Crippen LogP contribution is -2.38. The zero-order valence-corrected chi connectivity index (χ0v) is 21.2. The van der Waals surface area contributed by atoms with E-state index in [0.29, 0.717) is 30.7 Å². The van der Waals surface area contributed by atoms with Gasteiger partial charge in [-0.2, -0.15) is 0 Å². The summed E-state index contributed by atoms with van der Waals surface area (Å²) in [6.07, 6.45) is 6.61. The number of anilines is 1. The van der Waals surface area contributed by atoms with Crippen LogP contribution in [0.3, 0.4) is 0 Å². The summed E-state index contributed by atoms with van der Waals surface area (Å²) in [5.41, 5.74) is 3.58. The highest BCUT2D eigenvalue weighted by Crippen LogP contribution is 2.37. The zero-order chi connectivity index (χ0) is 25.6. The monoisotopic (exact) mass is 497 g/mol. The summed E-state index contributed by atoms with van der Waals surface area (Å²) in [5, 5.41) is 8.86. The molecule has 8 heteroatoms. The number of carbonyl (C=O) groups excluding carboxylic acids is 1. The molecule has 1 aliphatic heterocycles. The Morgan fingerprint density at radius 2 is 2.00 bits per heavy atom. The third-order valence-corrected chi connectivity index (χ3v) is 6.66. The lowest BCUT2D eigenvalue weighted by Gasteiger charge is -2.23. The molecule has 1 saturated heterocycles. The Morgan fingerprint density at radius 1 is 1.08 bits per heavy atom. The molecule has 37 heavy (non-hydrogen) atoms. The fourth-order valence-corrected chi connectivity index (χ4v) is 4.70. The fraction of sp³-hybridized carbons (Fsp3) is 0.310. The van der Waals surface area contributed by atoms with Gasteiger partial charge < -0.3 is 20.1 Å². The molecule has 2 N–H and O–H groups in total. The van der Waals surface area contributed by atoms with Crippen molar-refractivity contribution < 1.29 is 14.3 Å². The van der Waals surface area contributed by atoms with Crippen LogP contribution in [-0.4, -0.2) is 47.2 Å². The summed E-state index contributed by atoms with van der Waals surface area (Å²) in [4.78, 5) is 25.5. The second kappa shape index (κ2) is 11.3. The number of aromatic nitrogens is 3. The molecule has 0 saturated carbocycles. The first-order chi connectivity index (χ1) is 18.1. The Labute approximate surface area is 216 Å². The van der Waals surface area contributed by atoms with Crippen LogP contribution < -0.4 is 15.4 Å². The maximum atomic E-state index is 11.7. The molecule has 1 aliphatic rings. The Balaban J connectivity index is 1.46. The first kappa shape index (κ1) is 24.6. The number of piperidine rings is 1. The Kier molecular flexibility index (Phi) is 7.56. The third kappa shape index (κ3) is 5.70. The highest BCUT2D eigenvalue weighted by atomic mass is 16.5. The number of nitrogens with zero attached hydrogens (tertiary/aromatic N) is 3. The number of rotatable bonds is 8. The van der Waals surface area contributed by atoms with Crippen molar-refractivity contribution in [3.63, 3.8) is 0 Å². The molecule has 4 aromatic rings. The van der Waals surface area contributed by atoms with E-state index in [2.05, 4.69) is 26.7 Å². The molecule has 2 aromatic carbocycles. The SMILES string of the molecule is COC(=O)CCc1cccc2c(Oc3ncccc3-c3ccnc(N[C@H]4CCCNC4)n3)c(C)ccc12. The Morgan fingerprint density at radius 3 is 2.84 bits per heavy atom. The van der Waals surface area contributed by atoms with Gasteiger partial charge in [0.1, 0.15) is 5.75 Å². The van der Waals surface area contributed by atoms with E-state index in [0.717, 1.165) is 64.8 Å². The van der Waals surface area contributed by atoms with E-state index in [1.807, 2.05) is 49.4 Å². The molecular formula is C29H31N5O3. The molecule has 0 bridgehead atoms. The number of hydrogen-bond acceptors (Lipinski definition) is 8. The number of carbonyl (C=O) groups is 1. The van der Waals surface area contributed by atoms with Crippen LogP contribution in [0.15, 0.2) is 60.9 Å². The molecule has 8 nitrogen and oxygen atoms in total. The maximum Gasteiger partial charge on any atom is 0.305 e. The summed E-state index contributed by atoms with van der Waals surface area (Å²) in [6.45, 7) is 3.97. The van der Waals surface area contributed by atoms with E-state index in [9.17, 15) is 4.79 Å². The lowest BCUT2D eigenvalue weighted by atomic mass is 9.98. The summed E-state index contributed by atoms with van der Waals surface area (Å²) < 4.78 is 11.3. The largest absolute Gasteiger partial charge is 0.469 e. The van der Waals surface area contributed by atoms with E-state index in [1.54, 1.807) is 12.4 Å². The topological polar surface area (TPSA) is 98.3 Å². The van der Waals surface area contributed by atoms with Gasteiger partial charge in [0.05, 0.1) is 18.4 Å². The van der Waals surface area contributed by atoms with Crippen molar-refractivity contribution in [1.82, 2.24) is 20.3 Å². The molecule has 1 atom stereocenters. The second-order valence-electron chi connectivity index (χ2n) is 9.21. The van der Waals surface area contributed by atoms with E-state index in [-0.39, 0.29) is 5.97 Å². The molecule has 0 aliphatic carbocycles.